The molecule has 2 N–H and O–H groups in total. The summed E-state index contributed by atoms with van der Waals surface area (Å²) in [6.07, 6.45) is 6.20. The predicted molar refractivity (Wildman–Crippen MR) is 102 cm³/mol. The largest absolute Gasteiger partial charge is 0.493 e. The number of nitrogens with zero attached hydrogens (tertiary/aromatic N) is 1. The van der Waals surface area contributed by atoms with Crippen molar-refractivity contribution in [1.29, 1.82) is 0 Å². The molecular formula is C18H24F2N2O3S. The number of carbonyl (C=O) groups is 1. The molecule has 0 bridgehead atoms. The third-order valence-corrected chi connectivity index (χ3v) is 5.17. The van der Waals surface area contributed by atoms with E-state index in [4.69, 9.17) is 15.3 Å². The molecule has 1 aromatic carbocycles. The Morgan fingerprint density at radius 3 is 2.19 bits per heavy atom. The van der Waals surface area contributed by atoms with E-state index >= 15 is 0 Å². The molecule has 0 atom stereocenters. The second-order valence-corrected chi connectivity index (χ2v) is 10.3. The number of hydrogen-bond acceptors (Lipinski definition) is 5. The van der Waals surface area contributed by atoms with Crippen molar-refractivity contribution in [3.63, 3.8) is 0 Å². The van der Waals surface area contributed by atoms with Crippen molar-refractivity contribution in [3.8, 4) is 17.0 Å². The number of nitrogens with two attached hydrogens (primary N) is 1. The second kappa shape index (κ2) is 8.84. The predicted octanol–water partition coefficient (Wildman–Crippen LogP) is 3.77. The standard InChI is InChI=1S/C16H20F2N2OS.C2H4O2/c1-9-16(21-2)14(19)13(18)15(20-9)11-7-6-10(8-12(11)17)22(3,4)5;1-4-2-3/h6-8H,1-5H3,(H2,19,20);2H,1H3. The number of halogens is 2. The van der Waals surface area contributed by atoms with Gasteiger partial charge in [0.25, 0.3) is 6.47 Å². The van der Waals surface area contributed by atoms with Gasteiger partial charge in [0.1, 0.15) is 17.2 Å². The fraction of sp³-hybridized carbons (Fsp3) is 0.333. The van der Waals surface area contributed by atoms with Crippen LogP contribution in [0.3, 0.4) is 0 Å². The Bertz CT molecular complexity index is 793. The first kappa shape index (κ1) is 21.7. The van der Waals surface area contributed by atoms with Crippen molar-refractivity contribution in [2.45, 2.75) is 11.8 Å². The monoisotopic (exact) mass is 386 g/mol. The van der Waals surface area contributed by atoms with Crippen molar-refractivity contribution < 1.29 is 23.0 Å². The van der Waals surface area contributed by atoms with Gasteiger partial charge in [-0.25, -0.2) is 23.8 Å². The number of hydrogen-bond donors (Lipinski definition) is 1. The Balaban J connectivity index is 0.000000765. The van der Waals surface area contributed by atoms with Crippen molar-refractivity contribution in [3.05, 3.63) is 35.5 Å². The molecule has 0 saturated heterocycles. The van der Waals surface area contributed by atoms with Crippen LogP contribution in [0.4, 0.5) is 14.5 Å². The van der Waals surface area contributed by atoms with Gasteiger partial charge in [0, 0.05) is 5.56 Å². The SMILES string of the molecule is COC=O.COc1c(C)nc(-c2ccc(S(C)(C)C)cc2F)c(F)c1N. The summed E-state index contributed by atoms with van der Waals surface area (Å²) in [7, 11) is 1.64. The number of benzene rings is 1. The van der Waals surface area contributed by atoms with Gasteiger partial charge in [-0.3, -0.25) is 4.79 Å². The van der Waals surface area contributed by atoms with Gasteiger partial charge in [-0.15, -0.1) is 0 Å². The number of carbonyl (C=O) groups excluding carboxylic acids is 1. The van der Waals surface area contributed by atoms with Gasteiger partial charge in [-0.1, -0.05) is 0 Å². The molecule has 1 heterocycles. The van der Waals surface area contributed by atoms with Crippen LogP contribution in [0.15, 0.2) is 23.1 Å². The summed E-state index contributed by atoms with van der Waals surface area (Å²) in [6, 6.07) is 4.81. The van der Waals surface area contributed by atoms with Gasteiger partial charge < -0.3 is 15.2 Å². The van der Waals surface area contributed by atoms with Crippen LogP contribution in [0.2, 0.25) is 0 Å². The molecule has 0 fully saturated rings. The number of ether oxygens (including phenoxy) is 2. The van der Waals surface area contributed by atoms with Crippen LogP contribution in [0, 0.1) is 18.6 Å². The van der Waals surface area contributed by atoms with Crippen LogP contribution >= 0.6 is 10.0 Å². The molecule has 26 heavy (non-hydrogen) atoms. The highest BCUT2D eigenvalue weighted by Crippen LogP contribution is 2.46. The highest BCUT2D eigenvalue weighted by molar-refractivity contribution is 8.32. The van der Waals surface area contributed by atoms with Crippen molar-refractivity contribution >= 4 is 22.2 Å². The van der Waals surface area contributed by atoms with E-state index in [0.717, 1.165) is 4.90 Å². The summed E-state index contributed by atoms with van der Waals surface area (Å²) in [5.74, 6) is -1.09. The van der Waals surface area contributed by atoms with Gasteiger partial charge in [0.05, 0.1) is 19.9 Å². The minimum atomic E-state index is -1.06. The number of rotatable bonds is 4. The number of aromatic nitrogens is 1. The van der Waals surface area contributed by atoms with Crippen LogP contribution < -0.4 is 10.5 Å². The molecule has 0 aliphatic rings. The molecule has 2 rings (SSSR count). The molecule has 0 aliphatic carbocycles. The molecular weight excluding hydrogens is 362 g/mol. The minimum Gasteiger partial charge on any atom is -0.493 e. The van der Waals surface area contributed by atoms with Gasteiger partial charge in [-0.2, -0.15) is 0 Å². The average Bonchev–Trinajstić information content (AvgIpc) is 2.58. The first-order valence-electron chi connectivity index (χ1n) is 7.52. The van der Waals surface area contributed by atoms with Crippen LogP contribution in [0.5, 0.6) is 5.75 Å². The summed E-state index contributed by atoms with van der Waals surface area (Å²) in [4.78, 5) is 14.0. The number of pyridine rings is 1. The Labute approximate surface area is 153 Å². The molecule has 144 valence electrons. The lowest BCUT2D eigenvalue weighted by Gasteiger charge is -2.26. The molecule has 1 aromatic heterocycles. The van der Waals surface area contributed by atoms with Crippen LogP contribution in [0.25, 0.3) is 11.3 Å². The lowest BCUT2D eigenvalue weighted by atomic mass is 10.1. The Kier molecular flexibility index (Phi) is 7.38. The summed E-state index contributed by atoms with van der Waals surface area (Å²) < 4.78 is 37.7. The molecule has 0 spiro atoms. The molecule has 0 saturated carbocycles. The Hall–Kier alpha value is -2.35. The zero-order valence-electron chi connectivity index (χ0n) is 15.7. The maximum absolute atomic E-state index is 14.4. The topological polar surface area (TPSA) is 74.4 Å². The quantitative estimate of drug-likeness (QED) is 0.810. The van der Waals surface area contributed by atoms with E-state index in [9.17, 15) is 8.78 Å². The van der Waals surface area contributed by atoms with E-state index in [1.807, 2.05) is 6.07 Å². The van der Waals surface area contributed by atoms with E-state index in [1.165, 1.54) is 20.3 Å². The summed E-state index contributed by atoms with van der Waals surface area (Å²) in [5, 5.41) is 0. The van der Waals surface area contributed by atoms with Crippen molar-refractivity contribution in [2.24, 2.45) is 0 Å². The van der Waals surface area contributed by atoms with Gasteiger partial charge in [-0.05, 0) is 48.8 Å². The minimum absolute atomic E-state index is 0.0937. The normalized spacial score (nSPS) is 11.2. The smallest absolute Gasteiger partial charge is 0.292 e. The van der Waals surface area contributed by atoms with Gasteiger partial charge in [0.15, 0.2) is 11.6 Å². The first-order valence-corrected chi connectivity index (χ1v) is 10.4. The molecule has 0 aliphatic heterocycles. The number of anilines is 1. The molecule has 2 aromatic rings. The lowest BCUT2D eigenvalue weighted by Crippen LogP contribution is -2.05. The van der Waals surface area contributed by atoms with E-state index < -0.39 is 21.7 Å². The fourth-order valence-corrected chi connectivity index (χ4v) is 3.13. The van der Waals surface area contributed by atoms with Crippen molar-refractivity contribution in [1.82, 2.24) is 4.98 Å². The summed E-state index contributed by atoms with van der Waals surface area (Å²) in [5.41, 5.74) is 5.99. The van der Waals surface area contributed by atoms with Crippen LogP contribution in [0.1, 0.15) is 5.69 Å². The van der Waals surface area contributed by atoms with Gasteiger partial charge in [0.2, 0.25) is 0 Å². The van der Waals surface area contributed by atoms with Crippen LogP contribution in [-0.4, -0.2) is 44.4 Å². The van der Waals surface area contributed by atoms with E-state index in [2.05, 4.69) is 28.5 Å². The summed E-state index contributed by atoms with van der Waals surface area (Å²) >= 11 is 0. The molecule has 5 nitrogen and oxygen atoms in total. The van der Waals surface area contributed by atoms with E-state index in [-0.39, 0.29) is 22.7 Å². The van der Waals surface area contributed by atoms with Gasteiger partial charge >= 0.3 is 0 Å². The highest BCUT2D eigenvalue weighted by atomic mass is 32.3. The zero-order valence-corrected chi connectivity index (χ0v) is 16.5. The Morgan fingerprint density at radius 2 is 1.77 bits per heavy atom. The third kappa shape index (κ3) is 4.85. The molecule has 0 unspecified atom stereocenters. The maximum Gasteiger partial charge on any atom is 0.292 e. The highest BCUT2D eigenvalue weighted by Gasteiger charge is 2.21. The number of methoxy groups -OCH3 is 2. The molecule has 0 amide bonds. The van der Waals surface area contributed by atoms with E-state index in [1.54, 1.807) is 13.0 Å². The Morgan fingerprint density at radius 1 is 1.19 bits per heavy atom. The number of aryl methyl sites for hydroxylation is 1. The molecule has 0 radical (unpaired) electrons. The van der Waals surface area contributed by atoms with Crippen molar-refractivity contribution in [2.75, 3.05) is 38.7 Å². The third-order valence-electron chi connectivity index (χ3n) is 3.50. The summed E-state index contributed by atoms with van der Waals surface area (Å²) in [6.45, 7) is 2.02. The second-order valence-electron chi connectivity index (χ2n) is 6.12. The number of nitrogen functional groups attached to an aromatic ring is 1. The molecule has 8 heteroatoms. The maximum atomic E-state index is 14.4. The average molecular weight is 386 g/mol. The fourth-order valence-electron chi connectivity index (χ4n) is 2.19. The first-order chi connectivity index (χ1) is 12.1. The lowest BCUT2D eigenvalue weighted by molar-refractivity contribution is -0.126. The zero-order chi connectivity index (χ0) is 20.1. The van der Waals surface area contributed by atoms with Crippen LogP contribution in [-0.2, 0) is 9.53 Å². The van der Waals surface area contributed by atoms with E-state index in [0.29, 0.717) is 12.2 Å².